The Hall–Kier alpha value is -2.61. The molecule has 0 spiro atoms. The molecule has 1 aromatic carbocycles. The monoisotopic (exact) mass is 512 g/mol. The Bertz CT molecular complexity index is 1310. The van der Waals surface area contributed by atoms with Crippen molar-refractivity contribution in [3.05, 3.63) is 68.2 Å². The molecule has 3 N–H and O–H groups in total. The van der Waals surface area contributed by atoms with Gasteiger partial charge in [-0.3, -0.25) is 9.59 Å². The van der Waals surface area contributed by atoms with Crippen LogP contribution in [0.4, 0.5) is 0 Å². The highest BCUT2D eigenvalue weighted by Crippen LogP contribution is 2.36. The standard InChI is InChI=1S/C28H37ClN4O3/c1-17-14-23(29)22(26(34)31-17)15-30-27(35)25-19(3)33(24-9-7-6-8-21(24)25)18(2)20-10-12-32(13-11-20)16-28(4,5)36/h6-9,14,18,20,36H,10-13,15-16H2,1-5H3,(H,30,35)(H,31,34). The van der Waals surface area contributed by atoms with Crippen LogP contribution in [0.3, 0.4) is 0 Å². The summed E-state index contributed by atoms with van der Waals surface area (Å²) in [6.07, 6.45) is 2.08. The zero-order valence-electron chi connectivity index (χ0n) is 21.8. The lowest BCUT2D eigenvalue weighted by molar-refractivity contribution is 0.0214. The number of aryl methyl sites for hydroxylation is 1. The van der Waals surface area contributed by atoms with E-state index < -0.39 is 5.60 Å². The summed E-state index contributed by atoms with van der Waals surface area (Å²) in [6, 6.07) is 9.92. The molecule has 2 aromatic heterocycles. The van der Waals surface area contributed by atoms with Crippen molar-refractivity contribution in [3.63, 3.8) is 0 Å². The van der Waals surface area contributed by atoms with Crippen LogP contribution in [0, 0.1) is 19.8 Å². The van der Waals surface area contributed by atoms with Crippen LogP contribution in [0.25, 0.3) is 10.9 Å². The average molecular weight is 513 g/mol. The maximum absolute atomic E-state index is 13.4. The van der Waals surface area contributed by atoms with Gasteiger partial charge in [-0.1, -0.05) is 29.8 Å². The first-order valence-corrected chi connectivity index (χ1v) is 13.0. The van der Waals surface area contributed by atoms with Crippen molar-refractivity contribution in [2.75, 3.05) is 19.6 Å². The Labute approximate surface area is 217 Å². The van der Waals surface area contributed by atoms with E-state index in [9.17, 15) is 14.7 Å². The van der Waals surface area contributed by atoms with E-state index in [0.717, 1.165) is 42.5 Å². The summed E-state index contributed by atoms with van der Waals surface area (Å²) in [4.78, 5) is 30.8. The van der Waals surface area contributed by atoms with Gasteiger partial charge in [0.2, 0.25) is 0 Å². The van der Waals surface area contributed by atoms with Gasteiger partial charge in [0.15, 0.2) is 0 Å². The third kappa shape index (κ3) is 5.53. The van der Waals surface area contributed by atoms with Crippen LogP contribution in [0.1, 0.15) is 67.0 Å². The number of β-amino-alcohol motifs (C(OH)–C–C–N with tert-alkyl or cyclic N) is 1. The molecular formula is C28H37ClN4O3. The molecule has 8 heteroatoms. The van der Waals surface area contributed by atoms with Crippen LogP contribution < -0.4 is 10.9 Å². The number of hydrogen-bond acceptors (Lipinski definition) is 4. The molecule has 194 valence electrons. The maximum atomic E-state index is 13.4. The number of likely N-dealkylation sites (tertiary alicyclic amines) is 1. The van der Waals surface area contributed by atoms with Crippen LogP contribution in [0.15, 0.2) is 35.1 Å². The van der Waals surface area contributed by atoms with Gasteiger partial charge in [-0.2, -0.15) is 0 Å². The van der Waals surface area contributed by atoms with Crippen LogP contribution in [-0.2, 0) is 6.54 Å². The molecule has 0 aliphatic carbocycles. The molecule has 0 radical (unpaired) electrons. The largest absolute Gasteiger partial charge is 0.389 e. The summed E-state index contributed by atoms with van der Waals surface area (Å²) in [5, 5.41) is 14.4. The van der Waals surface area contributed by atoms with Crippen LogP contribution in [-0.4, -0.2) is 50.7 Å². The van der Waals surface area contributed by atoms with E-state index in [4.69, 9.17) is 11.6 Å². The topological polar surface area (TPSA) is 90.4 Å². The fraction of sp³-hybridized carbons (Fsp3) is 0.500. The predicted octanol–water partition coefficient (Wildman–Crippen LogP) is 4.57. The summed E-state index contributed by atoms with van der Waals surface area (Å²) in [7, 11) is 0. The third-order valence-electron chi connectivity index (χ3n) is 7.36. The number of carbonyl (C=O) groups is 1. The summed E-state index contributed by atoms with van der Waals surface area (Å²) in [5.41, 5.74) is 2.64. The molecule has 1 unspecified atom stereocenters. The minimum Gasteiger partial charge on any atom is -0.389 e. The molecule has 1 fully saturated rings. The van der Waals surface area contributed by atoms with E-state index in [0.29, 0.717) is 34.3 Å². The second kappa shape index (κ2) is 10.4. The molecular weight excluding hydrogens is 476 g/mol. The lowest BCUT2D eigenvalue weighted by atomic mass is 9.89. The zero-order chi connectivity index (χ0) is 26.2. The molecule has 1 amide bonds. The normalized spacial score (nSPS) is 16.4. The minimum atomic E-state index is -0.693. The number of carbonyl (C=O) groups excluding carboxylic acids is 1. The number of nitrogens with zero attached hydrogens (tertiary/aromatic N) is 2. The number of rotatable bonds is 7. The van der Waals surface area contributed by atoms with Crippen molar-refractivity contribution in [2.45, 2.75) is 65.6 Å². The summed E-state index contributed by atoms with van der Waals surface area (Å²) in [6.45, 7) is 12.4. The molecule has 3 aromatic rings. The minimum absolute atomic E-state index is 0.0570. The van der Waals surface area contributed by atoms with E-state index in [1.54, 1.807) is 13.0 Å². The maximum Gasteiger partial charge on any atom is 0.254 e. The Morgan fingerprint density at radius 2 is 1.92 bits per heavy atom. The first kappa shape index (κ1) is 26.5. The molecule has 1 aliphatic rings. The van der Waals surface area contributed by atoms with Gasteiger partial charge in [0.25, 0.3) is 11.5 Å². The highest BCUT2D eigenvalue weighted by atomic mass is 35.5. The Balaban J connectivity index is 1.57. The van der Waals surface area contributed by atoms with E-state index in [-0.39, 0.29) is 24.1 Å². The number of para-hydroxylation sites is 1. The molecule has 0 saturated carbocycles. The Morgan fingerprint density at radius 1 is 1.25 bits per heavy atom. The van der Waals surface area contributed by atoms with Crippen molar-refractivity contribution in [3.8, 4) is 0 Å². The average Bonchev–Trinajstić information content (AvgIpc) is 3.09. The number of pyridine rings is 1. The molecule has 3 heterocycles. The molecule has 0 bridgehead atoms. The van der Waals surface area contributed by atoms with Gasteiger partial charge < -0.3 is 24.9 Å². The van der Waals surface area contributed by atoms with E-state index in [1.807, 2.05) is 39.0 Å². The SMILES string of the molecule is Cc1cc(Cl)c(CNC(=O)c2c(C)n(C(C)C3CCN(CC(C)(C)O)CC3)c3ccccc23)c(=O)[nH]1. The quantitative estimate of drug-likeness (QED) is 0.432. The summed E-state index contributed by atoms with van der Waals surface area (Å²) in [5.74, 6) is 0.254. The number of fused-ring (bicyclic) bond motifs is 1. The van der Waals surface area contributed by atoms with Gasteiger partial charge in [0, 0.05) is 34.9 Å². The number of aromatic nitrogens is 2. The van der Waals surface area contributed by atoms with Crippen LogP contribution in [0.2, 0.25) is 5.02 Å². The first-order chi connectivity index (χ1) is 17.0. The highest BCUT2D eigenvalue weighted by molar-refractivity contribution is 6.31. The van der Waals surface area contributed by atoms with Crippen molar-refractivity contribution < 1.29 is 9.90 Å². The number of H-pyrrole nitrogens is 1. The number of aliphatic hydroxyl groups is 1. The second-order valence-corrected chi connectivity index (χ2v) is 11.2. The van der Waals surface area contributed by atoms with Gasteiger partial charge in [-0.15, -0.1) is 0 Å². The summed E-state index contributed by atoms with van der Waals surface area (Å²) >= 11 is 6.28. The van der Waals surface area contributed by atoms with Gasteiger partial charge in [-0.05, 0) is 78.6 Å². The second-order valence-electron chi connectivity index (χ2n) is 10.8. The van der Waals surface area contributed by atoms with Crippen LogP contribution in [0.5, 0.6) is 0 Å². The smallest absolute Gasteiger partial charge is 0.254 e. The third-order valence-corrected chi connectivity index (χ3v) is 7.69. The first-order valence-electron chi connectivity index (χ1n) is 12.7. The number of aromatic amines is 1. The number of benzene rings is 1. The number of amides is 1. The van der Waals surface area contributed by atoms with E-state index in [2.05, 4.69) is 32.8 Å². The van der Waals surface area contributed by atoms with Crippen molar-refractivity contribution in [1.82, 2.24) is 19.8 Å². The molecule has 4 rings (SSSR count). The number of nitrogens with one attached hydrogen (secondary N) is 2. The van der Waals surface area contributed by atoms with Crippen molar-refractivity contribution in [2.24, 2.45) is 5.92 Å². The van der Waals surface area contributed by atoms with Gasteiger partial charge in [0.05, 0.1) is 28.3 Å². The van der Waals surface area contributed by atoms with E-state index in [1.165, 1.54) is 0 Å². The molecule has 1 saturated heterocycles. The number of hydrogen-bond donors (Lipinski definition) is 3. The Kier molecular flexibility index (Phi) is 7.64. The zero-order valence-corrected chi connectivity index (χ0v) is 22.6. The summed E-state index contributed by atoms with van der Waals surface area (Å²) < 4.78 is 2.30. The molecule has 7 nitrogen and oxygen atoms in total. The van der Waals surface area contributed by atoms with E-state index >= 15 is 0 Å². The lowest BCUT2D eigenvalue weighted by Gasteiger charge is -2.38. The Morgan fingerprint density at radius 3 is 2.56 bits per heavy atom. The predicted molar refractivity (Wildman–Crippen MR) is 145 cm³/mol. The van der Waals surface area contributed by atoms with Gasteiger partial charge in [0.1, 0.15) is 0 Å². The number of piperidine rings is 1. The molecule has 1 atom stereocenters. The van der Waals surface area contributed by atoms with Crippen LogP contribution >= 0.6 is 11.6 Å². The van der Waals surface area contributed by atoms with Crippen molar-refractivity contribution in [1.29, 1.82) is 0 Å². The highest BCUT2D eigenvalue weighted by Gasteiger charge is 2.30. The fourth-order valence-corrected chi connectivity index (χ4v) is 5.97. The lowest BCUT2D eigenvalue weighted by Crippen LogP contribution is -2.43. The fourth-order valence-electron chi connectivity index (χ4n) is 5.65. The number of halogens is 1. The van der Waals surface area contributed by atoms with Gasteiger partial charge >= 0.3 is 0 Å². The van der Waals surface area contributed by atoms with Crippen molar-refractivity contribution >= 4 is 28.4 Å². The van der Waals surface area contributed by atoms with Gasteiger partial charge in [-0.25, -0.2) is 0 Å². The molecule has 1 aliphatic heterocycles. The molecule has 36 heavy (non-hydrogen) atoms.